The van der Waals surface area contributed by atoms with Crippen LogP contribution < -0.4 is 5.32 Å². The summed E-state index contributed by atoms with van der Waals surface area (Å²) in [5, 5.41) is 12.3. The van der Waals surface area contributed by atoms with E-state index in [0.29, 0.717) is 25.0 Å². The van der Waals surface area contributed by atoms with Gasteiger partial charge >= 0.3 is 12.1 Å². The highest BCUT2D eigenvalue weighted by molar-refractivity contribution is 8.00. The van der Waals surface area contributed by atoms with Crippen LogP contribution in [-0.2, 0) is 14.3 Å². The van der Waals surface area contributed by atoms with Gasteiger partial charge in [-0.1, -0.05) is 69.3 Å². The molecule has 1 fully saturated rings. The van der Waals surface area contributed by atoms with Crippen LogP contribution in [0.3, 0.4) is 0 Å². The van der Waals surface area contributed by atoms with Gasteiger partial charge in [-0.3, -0.25) is 4.79 Å². The second-order valence-electron chi connectivity index (χ2n) is 9.00. The molecule has 1 saturated heterocycles. The van der Waals surface area contributed by atoms with Gasteiger partial charge in [0.2, 0.25) is 5.91 Å². The van der Waals surface area contributed by atoms with Gasteiger partial charge in [0.15, 0.2) is 0 Å². The number of carboxylic acids is 1. The lowest BCUT2D eigenvalue weighted by atomic mass is 9.90. The van der Waals surface area contributed by atoms with Gasteiger partial charge in [-0.2, -0.15) is 0 Å². The number of alkyl carbamates (subject to hydrolysis) is 1. The van der Waals surface area contributed by atoms with Crippen LogP contribution in [0.25, 0.3) is 11.1 Å². The molecule has 0 spiro atoms. The van der Waals surface area contributed by atoms with Crippen LogP contribution in [-0.4, -0.2) is 57.3 Å². The van der Waals surface area contributed by atoms with Gasteiger partial charge in [0.1, 0.15) is 18.2 Å². The monoisotopic (exact) mass is 496 g/mol. The van der Waals surface area contributed by atoms with E-state index in [4.69, 9.17) is 4.74 Å². The maximum Gasteiger partial charge on any atom is 0.408 e. The number of aliphatic carboxylic acids is 1. The molecule has 2 aromatic rings. The Bertz CT molecular complexity index is 1070. The van der Waals surface area contributed by atoms with Gasteiger partial charge in [0, 0.05) is 11.7 Å². The van der Waals surface area contributed by atoms with E-state index in [-0.39, 0.29) is 23.8 Å². The van der Waals surface area contributed by atoms with Gasteiger partial charge in [-0.05, 0) is 41.5 Å². The molecule has 35 heavy (non-hydrogen) atoms. The van der Waals surface area contributed by atoms with Crippen molar-refractivity contribution in [3.05, 3.63) is 59.7 Å². The molecule has 0 aromatic heterocycles. The Hall–Kier alpha value is -3.00. The lowest BCUT2D eigenvalue weighted by Crippen LogP contribution is -2.62. The fraction of sp³-hybridized carbons (Fsp3) is 0.444. The van der Waals surface area contributed by atoms with E-state index in [9.17, 15) is 19.5 Å². The quantitative estimate of drug-likeness (QED) is 0.543. The molecule has 4 rings (SSSR count). The zero-order valence-corrected chi connectivity index (χ0v) is 21.1. The summed E-state index contributed by atoms with van der Waals surface area (Å²) in [4.78, 5) is 40.0. The first kappa shape index (κ1) is 25.1. The summed E-state index contributed by atoms with van der Waals surface area (Å²) < 4.78 is 5.70. The molecule has 7 nitrogen and oxygen atoms in total. The normalized spacial score (nSPS) is 19.2. The molecule has 0 radical (unpaired) electrons. The number of fused-ring (bicyclic) bond motifs is 3. The third-order valence-electron chi connectivity index (χ3n) is 7.26. The largest absolute Gasteiger partial charge is 0.480 e. The summed E-state index contributed by atoms with van der Waals surface area (Å²) in [5.74, 6) is -1.13. The number of carboxylic acid groups (broad SMARTS) is 1. The standard InChI is InChI=1S/C27H32N2O5S/c1-4-23-29(22(16-35-23)24(30)31)25(32)27(5-2,6-3)28-26(33)34-15-21-19-13-9-7-11-17(19)18-12-8-10-14-20(18)21/h7-14,21-23H,4-6,15-16H2,1-3H3,(H,28,33)(H,30,31). The molecule has 8 heteroatoms. The van der Waals surface area contributed by atoms with Crippen molar-refractivity contribution < 1.29 is 24.2 Å². The fourth-order valence-corrected chi connectivity index (χ4v) is 6.55. The van der Waals surface area contributed by atoms with Crippen LogP contribution >= 0.6 is 11.8 Å². The van der Waals surface area contributed by atoms with E-state index in [1.807, 2.05) is 45.0 Å². The minimum Gasteiger partial charge on any atom is -0.480 e. The van der Waals surface area contributed by atoms with Crippen LogP contribution in [0.5, 0.6) is 0 Å². The van der Waals surface area contributed by atoms with Crippen LogP contribution in [0, 0.1) is 0 Å². The average Bonchev–Trinajstić information content (AvgIpc) is 3.45. The molecule has 2 atom stereocenters. The molecule has 0 saturated carbocycles. The summed E-state index contributed by atoms with van der Waals surface area (Å²) in [5.41, 5.74) is 3.27. The Morgan fingerprint density at radius 1 is 1.03 bits per heavy atom. The number of rotatable bonds is 8. The molecule has 1 aliphatic carbocycles. The van der Waals surface area contributed by atoms with Crippen molar-refractivity contribution in [1.82, 2.24) is 10.2 Å². The van der Waals surface area contributed by atoms with E-state index in [0.717, 1.165) is 22.3 Å². The number of hydrogen-bond donors (Lipinski definition) is 2. The Morgan fingerprint density at radius 2 is 1.60 bits per heavy atom. The van der Waals surface area contributed by atoms with Crippen molar-refractivity contribution in [2.24, 2.45) is 0 Å². The van der Waals surface area contributed by atoms with Crippen LogP contribution in [0.2, 0.25) is 0 Å². The summed E-state index contributed by atoms with van der Waals surface area (Å²) in [6, 6.07) is 15.3. The lowest BCUT2D eigenvalue weighted by Gasteiger charge is -2.38. The number of hydrogen-bond acceptors (Lipinski definition) is 5. The van der Waals surface area contributed by atoms with Crippen LogP contribution in [0.4, 0.5) is 4.79 Å². The Kier molecular flexibility index (Phi) is 7.40. The highest BCUT2D eigenvalue weighted by atomic mass is 32.2. The highest BCUT2D eigenvalue weighted by Crippen LogP contribution is 2.44. The smallest absolute Gasteiger partial charge is 0.408 e. The second-order valence-corrected chi connectivity index (χ2v) is 10.2. The molecule has 2 aromatic carbocycles. The van der Waals surface area contributed by atoms with Gasteiger partial charge in [0.25, 0.3) is 0 Å². The fourth-order valence-electron chi connectivity index (χ4n) is 5.20. The van der Waals surface area contributed by atoms with Gasteiger partial charge in [-0.25, -0.2) is 9.59 Å². The number of carbonyl (C=O) groups is 3. The maximum atomic E-state index is 13.7. The molecular weight excluding hydrogens is 464 g/mol. The predicted octanol–water partition coefficient (Wildman–Crippen LogP) is 4.85. The minimum absolute atomic E-state index is 0.0858. The number of ether oxygens (including phenoxy) is 1. The first-order valence-electron chi connectivity index (χ1n) is 12.2. The molecule has 2 unspecified atom stereocenters. The molecular formula is C27H32N2O5S. The Labute approximate surface area is 210 Å². The number of nitrogens with zero attached hydrogens (tertiary/aromatic N) is 1. The molecule has 2 aliphatic rings. The molecule has 186 valence electrons. The first-order valence-corrected chi connectivity index (χ1v) is 13.2. The third-order valence-corrected chi connectivity index (χ3v) is 8.72. The third kappa shape index (κ3) is 4.51. The summed E-state index contributed by atoms with van der Waals surface area (Å²) in [7, 11) is 0. The molecule has 2 N–H and O–H groups in total. The maximum absolute atomic E-state index is 13.7. The van der Waals surface area contributed by atoms with Gasteiger partial charge in [-0.15, -0.1) is 11.8 Å². The number of carbonyl (C=O) groups excluding carboxylic acids is 2. The van der Waals surface area contributed by atoms with E-state index < -0.39 is 23.6 Å². The van der Waals surface area contributed by atoms with E-state index in [1.165, 1.54) is 16.7 Å². The Morgan fingerprint density at radius 3 is 2.11 bits per heavy atom. The van der Waals surface area contributed by atoms with Crippen LogP contribution in [0.15, 0.2) is 48.5 Å². The summed E-state index contributed by atoms with van der Waals surface area (Å²) >= 11 is 1.47. The predicted molar refractivity (Wildman–Crippen MR) is 136 cm³/mol. The van der Waals surface area contributed by atoms with Crippen LogP contribution in [0.1, 0.15) is 57.1 Å². The lowest BCUT2D eigenvalue weighted by molar-refractivity contribution is -0.152. The van der Waals surface area contributed by atoms with Crippen molar-refractivity contribution >= 4 is 29.7 Å². The average molecular weight is 497 g/mol. The SMILES string of the molecule is CCC1SCC(C(=O)O)N1C(=O)C(CC)(CC)NC(=O)OCC1c2ccccc2-c2ccccc21. The minimum atomic E-state index is -1.23. The van der Waals surface area contributed by atoms with E-state index in [2.05, 4.69) is 29.6 Å². The first-order chi connectivity index (χ1) is 16.9. The second kappa shape index (κ2) is 10.3. The van der Waals surface area contributed by atoms with Crippen molar-refractivity contribution in [1.29, 1.82) is 0 Å². The van der Waals surface area contributed by atoms with Gasteiger partial charge < -0.3 is 20.1 Å². The number of nitrogens with one attached hydrogen (secondary N) is 1. The van der Waals surface area contributed by atoms with E-state index in [1.54, 1.807) is 0 Å². The van der Waals surface area contributed by atoms with Crippen molar-refractivity contribution in [3.8, 4) is 11.1 Å². The molecule has 2 amide bonds. The molecule has 1 aliphatic heterocycles. The van der Waals surface area contributed by atoms with Gasteiger partial charge in [0.05, 0.1) is 5.37 Å². The zero-order valence-electron chi connectivity index (χ0n) is 20.3. The van der Waals surface area contributed by atoms with E-state index >= 15 is 0 Å². The highest BCUT2D eigenvalue weighted by Gasteiger charge is 2.49. The summed E-state index contributed by atoms with van der Waals surface area (Å²) in [6.45, 7) is 5.73. The topological polar surface area (TPSA) is 95.9 Å². The molecule has 0 bridgehead atoms. The summed E-state index contributed by atoms with van der Waals surface area (Å²) in [6.07, 6.45) is 0.623. The van der Waals surface area contributed by atoms with Crippen molar-refractivity contribution in [2.75, 3.05) is 12.4 Å². The number of thioether (sulfide) groups is 1. The zero-order chi connectivity index (χ0) is 25.2. The Balaban J connectivity index is 1.51. The number of amides is 2. The molecule has 1 heterocycles. The van der Waals surface area contributed by atoms with Crippen molar-refractivity contribution in [2.45, 2.75) is 62.9 Å². The number of benzene rings is 2. The van der Waals surface area contributed by atoms with Crippen molar-refractivity contribution in [3.63, 3.8) is 0 Å².